The number of hydrogen-bond acceptors (Lipinski definition) is 1. The van der Waals surface area contributed by atoms with E-state index < -0.39 is 0 Å². The molecule has 0 amide bonds. The average Bonchev–Trinajstić information content (AvgIpc) is 1.97. The highest BCUT2D eigenvalue weighted by atomic mass is 127. The van der Waals surface area contributed by atoms with Crippen LogP contribution in [0.2, 0.25) is 0 Å². The van der Waals surface area contributed by atoms with Crippen LogP contribution in [-0.2, 0) is 4.74 Å². The topological polar surface area (TPSA) is 9.23 Å². The van der Waals surface area contributed by atoms with E-state index in [2.05, 4.69) is 36.4 Å². The van der Waals surface area contributed by atoms with Crippen molar-refractivity contribution < 1.29 is 4.74 Å². The molecule has 1 fully saturated rings. The summed E-state index contributed by atoms with van der Waals surface area (Å²) in [7, 11) is 0. The number of rotatable bonds is 1. The van der Waals surface area contributed by atoms with Gasteiger partial charge in [-0.05, 0) is 24.7 Å². The smallest absolute Gasteiger partial charge is 0.0664 e. The summed E-state index contributed by atoms with van der Waals surface area (Å²) >= 11 is 2.42. The second kappa shape index (κ2) is 4.80. The number of ether oxygens (including phenoxy) is 1. The van der Waals surface area contributed by atoms with Crippen molar-refractivity contribution in [2.45, 2.75) is 45.6 Å². The maximum atomic E-state index is 5.76. The maximum absolute atomic E-state index is 5.76. The van der Waals surface area contributed by atoms with Gasteiger partial charge in [0.25, 0.3) is 0 Å². The first-order valence-electron chi connectivity index (χ1n) is 4.82. The number of hydrogen-bond donors (Lipinski definition) is 0. The molecule has 0 N–H and O–H groups in total. The Morgan fingerprint density at radius 3 is 2.83 bits per heavy atom. The van der Waals surface area contributed by atoms with Gasteiger partial charge in [0.1, 0.15) is 0 Å². The lowest BCUT2D eigenvalue weighted by Gasteiger charge is -2.29. The molecule has 0 aliphatic carbocycles. The maximum Gasteiger partial charge on any atom is 0.0664 e. The van der Waals surface area contributed by atoms with Gasteiger partial charge in [0.05, 0.1) is 6.10 Å². The van der Waals surface area contributed by atoms with Gasteiger partial charge in [-0.1, -0.05) is 42.9 Å². The quantitative estimate of drug-likeness (QED) is 0.529. The van der Waals surface area contributed by atoms with Crippen LogP contribution in [0.4, 0.5) is 0 Å². The van der Waals surface area contributed by atoms with Crippen LogP contribution in [0.5, 0.6) is 0 Å². The molecule has 1 nitrogen and oxygen atoms in total. The predicted octanol–water partition coefficient (Wildman–Crippen LogP) is 3.41. The molecule has 0 spiro atoms. The Labute approximate surface area is 89.4 Å². The van der Waals surface area contributed by atoms with Gasteiger partial charge >= 0.3 is 0 Å². The molecule has 2 heteroatoms. The highest BCUT2D eigenvalue weighted by Gasteiger charge is 2.21. The molecule has 0 aromatic carbocycles. The van der Waals surface area contributed by atoms with Crippen LogP contribution in [0.3, 0.4) is 0 Å². The minimum Gasteiger partial charge on any atom is -0.377 e. The van der Waals surface area contributed by atoms with Crippen molar-refractivity contribution in [2.75, 3.05) is 11.0 Å². The predicted molar refractivity (Wildman–Crippen MR) is 60.9 cm³/mol. The van der Waals surface area contributed by atoms with Gasteiger partial charge in [-0.2, -0.15) is 0 Å². The Hall–Kier alpha value is 0.690. The van der Waals surface area contributed by atoms with E-state index in [1.165, 1.54) is 25.7 Å². The fourth-order valence-electron chi connectivity index (χ4n) is 1.64. The molecule has 0 bridgehead atoms. The van der Waals surface area contributed by atoms with Crippen LogP contribution in [0, 0.1) is 5.41 Å². The normalized spacial score (nSPS) is 30.8. The SMILES string of the molecule is CC1(C)CCCC(CI)OCC1. The van der Waals surface area contributed by atoms with Gasteiger partial charge < -0.3 is 4.74 Å². The Kier molecular flexibility index (Phi) is 4.30. The van der Waals surface area contributed by atoms with Gasteiger partial charge in [-0.15, -0.1) is 0 Å². The molecule has 1 atom stereocenters. The zero-order valence-corrected chi connectivity index (χ0v) is 10.3. The van der Waals surface area contributed by atoms with Crippen LogP contribution < -0.4 is 0 Å². The third kappa shape index (κ3) is 3.60. The van der Waals surface area contributed by atoms with Crippen molar-refractivity contribution in [3.63, 3.8) is 0 Å². The fourth-order valence-corrected chi connectivity index (χ4v) is 2.33. The summed E-state index contributed by atoms with van der Waals surface area (Å²) in [5, 5.41) is 0. The van der Waals surface area contributed by atoms with Crippen LogP contribution in [0.25, 0.3) is 0 Å². The summed E-state index contributed by atoms with van der Waals surface area (Å²) in [5.74, 6) is 0. The average molecular weight is 282 g/mol. The number of alkyl halides is 1. The first-order valence-corrected chi connectivity index (χ1v) is 6.34. The summed E-state index contributed by atoms with van der Waals surface area (Å²) in [6, 6.07) is 0. The van der Waals surface area contributed by atoms with Gasteiger partial charge in [0.2, 0.25) is 0 Å². The minimum absolute atomic E-state index is 0.510. The van der Waals surface area contributed by atoms with Crippen molar-refractivity contribution in [2.24, 2.45) is 5.41 Å². The molecule has 0 radical (unpaired) electrons. The molecule has 1 aliphatic heterocycles. The Morgan fingerprint density at radius 1 is 1.42 bits per heavy atom. The van der Waals surface area contributed by atoms with Crippen LogP contribution >= 0.6 is 22.6 Å². The van der Waals surface area contributed by atoms with Crippen LogP contribution in [0.15, 0.2) is 0 Å². The Bertz CT molecular complexity index is 122. The van der Waals surface area contributed by atoms with E-state index in [-0.39, 0.29) is 0 Å². The summed E-state index contributed by atoms with van der Waals surface area (Å²) in [5.41, 5.74) is 0.510. The molecule has 0 aromatic rings. The second-order valence-electron chi connectivity index (χ2n) is 4.45. The molecule has 72 valence electrons. The van der Waals surface area contributed by atoms with E-state index in [9.17, 15) is 0 Å². The minimum atomic E-state index is 0.510. The van der Waals surface area contributed by atoms with Crippen molar-refractivity contribution in [1.82, 2.24) is 0 Å². The van der Waals surface area contributed by atoms with E-state index in [1.54, 1.807) is 0 Å². The van der Waals surface area contributed by atoms with Crippen molar-refractivity contribution >= 4 is 22.6 Å². The summed E-state index contributed by atoms with van der Waals surface area (Å²) in [6.07, 6.45) is 5.71. The zero-order chi connectivity index (χ0) is 9.03. The van der Waals surface area contributed by atoms with E-state index >= 15 is 0 Å². The zero-order valence-electron chi connectivity index (χ0n) is 8.11. The van der Waals surface area contributed by atoms with E-state index in [4.69, 9.17) is 4.74 Å². The molecule has 0 saturated carbocycles. The number of halogens is 1. The Morgan fingerprint density at radius 2 is 2.17 bits per heavy atom. The monoisotopic (exact) mass is 282 g/mol. The van der Waals surface area contributed by atoms with E-state index in [0.29, 0.717) is 11.5 Å². The Balaban J connectivity index is 2.34. The molecule has 1 saturated heterocycles. The van der Waals surface area contributed by atoms with Gasteiger partial charge in [0.15, 0.2) is 0 Å². The lowest BCUT2D eigenvalue weighted by molar-refractivity contribution is 0.0261. The standard InChI is InChI=1S/C10H19IO/c1-10(2)5-3-4-9(8-11)12-7-6-10/h9H,3-8H2,1-2H3. The van der Waals surface area contributed by atoms with Gasteiger partial charge in [0, 0.05) is 11.0 Å². The van der Waals surface area contributed by atoms with Crippen LogP contribution in [-0.4, -0.2) is 17.1 Å². The van der Waals surface area contributed by atoms with Gasteiger partial charge in [-0.25, -0.2) is 0 Å². The lowest BCUT2D eigenvalue weighted by atomic mass is 9.83. The second-order valence-corrected chi connectivity index (χ2v) is 5.33. The molecule has 1 rings (SSSR count). The molecule has 0 aromatic heterocycles. The third-order valence-corrected chi connectivity index (χ3v) is 3.67. The highest BCUT2D eigenvalue weighted by molar-refractivity contribution is 14.1. The molecule has 1 unspecified atom stereocenters. The summed E-state index contributed by atoms with van der Waals surface area (Å²) in [4.78, 5) is 0. The molecule has 1 heterocycles. The molecular weight excluding hydrogens is 263 g/mol. The third-order valence-electron chi connectivity index (χ3n) is 2.68. The first kappa shape index (κ1) is 10.8. The molecule has 12 heavy (non-hydrogen) atoms. The highest BCUT2D eigenvalue weighted by Crippen LogP contribution is 2.30. The van der Waals surface area contributed by atoms with Crippen molar-refractivity contribution in [3.05, 3.63) is 0 Å². The summed E-state index contributed by atoms with van der Waals surface area (Å²) in [6.45, 7) is 5.65. The lowest BCUT2D eigenvalue weighted by Crippen LogP contribution is -2.24. The van der Waals surface area contributed by atoms with Crippen molar-refractivity contribution in [3.8, 4) is 0 Å². The van der Waals surface area contributed by atoms with Crippen molar-refractivity contribution in [1.29, 1.82) is 0 Å². The van der Waals surface area contributed by atoms with E-state index in [0.717, 1.165) is 11.0 Å². The molecule has 1 aliphatic rings. The molecular formula is C10H19IO. The fraction of sp³-hybridized carbons (Fsp3) is 1.00. The largest absolute Gasteiger partial charge is 0.377 e. The van der Waals surface area contributed by atoms with E-state index in [1.807, 2.05) is 0 Å². The van der Waals surface area contributed by atoms with Gasteiger partial charge in [-0.3, -0.25) is 0 Å². The first-order chi connectivity index (χ1) is 5.64. The summed E-state index contributed by atoms with van der Waals surface area (Å²) < 4.78 is 6.91. The van der Waals surface area contributed by atoms with Crippen LogP contribution in [0.1, 0.15) is 39.5 Å².